The van der Waals surface area contributed by atoms with Gasteiger partial charge in [-0.05, 0) is 6.92 Å². The molecule has 1 aliphatic rings. The summed E-state index contributed by atoms with van der Waals surface area (Å²) in [5, 5.41) is 7.49. The largest absolute Gasteiger partial charge is 0.464 e. The van der Waals surface area contributed by atoms with Crippen molar-refractivity contribution < 1.29 is 9.53 Å². The molecular formula is C9H13N3O2. The Morgan fingerprint density at radius 3 is 3.07 bits per heavy atom. The molecule has 0 spiro atoms. The third kappa shape index (κ3) is 1.21. The van der Waals surface area contributed by atoms with Crippen molar-refractivity contribution in [1.82, 2.24) is 15.1 Å². The number of carbonyl (C=O) groups is 1. The van der Waals surface area contributed by atoms with E-state index in [0.29, 0.717) is 18.8 Å². The quantitative estimate of drug-likeness (QED) is 0.689. The molecule has 0 fully saturated rings. The Morgan fingerprint density at radius 2 is 2.43 bits per heavy atom. The molecule has 0 aliphatic carbocycles. The van der Waals surface area contributed by atoms with E-state index in [1.165, 1.54) is 7.11 Å². The smallest absolute Gasteiger partial charge is 0.356 e. The fraction of sp³-hybridized carbons (Fsp3) is 0.556. The van der Waals surface area contributed by atoms with Crippen LogP contribution in [-0.2, 0) is 24.4 Å². The van der Waals surface area contributed by atoms with Crippen molar-refractivity contribution in [2.45, 2.75) is 26.6 Å². The van der Waals surface area contributed by atoms with Crippen LogP contribution < -0.4 is 5.32 Å². The lowest BCUT2D eigenvalue weighted by molar-refractivity contribution is 0.0585. The molecule has 76 valence electrons. The molecule has 5 heteroatoms. The monoisotopic (exact) mass is 195 g/mol. The SMILES string of the molecule is CCn1nc2c(c1C(=O)OC)CNC2. The number of hydrogen-bond acceptors (Lipinski definition) is 4. The predicted octanol–water partition coefficient (Wildman–Crippen LogP) is 0.293. The maximum atomic E-state index is 11.5. The van der Waals surface area contributed by atoms with E-state index in [-0.39, 0.29) is 5.97 Å². The van der Waals surface area contributed by atoms with Crippen molar-refractivity contribution in [2.24, 2.45) is 0 Å². The van der Waals surface area contributed by atoms with Gasteiger partial charge in [-0.25, -0.2) is 4.79 Å². The summed E-state index contributed by atoms with van der Waals surface area (Å²) < 4.78 is 6.44. The number of aryl methyl sites for hydroxylation is 1. The molecule has 0 saturated carbocycles. The summed E-state index contributed by atoms with van der Waals surface area (Å²) in [6, 6.07) is 0. The van der Waals surface area contributed by atoms with Gasteiger partial charge in [-0.15, -0.1) is 0 Å². The molecule has 14 heavy (non-hydrogen) atoms. The highest BCUT2D eigenvalue weighted by Gasteiger charge is 2.26. The van der Waals surface area contributed by atoms with Crippen molar-refractivity contribution in [1.29, 1.82) is 0 Å². The second kappa shape index (κ2) is 3.42. The van der Waals surface area contributed by atoms with E-state index in [2.05, 4.69) is 10.4 Å². The van der Waals surface area contributed by atoms with Crippen LogP contribution in [0.25, 0.3) is 0 Å². The van der Waals surface area contributed by atoms with E-state index in [4.69, 9.17) is 4.74 Å². The number of methoxy groups -OCH3 is 1. The summed E-state index contributed by atoms with van der Waals surface area (Å²) in [4.78, 5) is 11.5. The van der Waals surface area contributed by atoms with E-state index in [1.54, 1.807) is 4.68 Å². The van der Waals surface area contributed by atoms with Crippen LogP contribution in [0.15, 0.2) is 0 Å². The minimum atomic E-state index is -0.302. The van der Waals surface area contributed by atoms with E-state index in [1.807, 2.05) is 6.92 Å². The van der Waals surface area contributed by atoms with Gasteiger partial charge in [-0.3, -0.25) is 4.68 Å². The molecule has 0 unspecified atom stereocenters. The molecule has 1 aromatic heterocycles. The molecule has 2 heterocycles. The van der Waals surface area contributed by atoms with Gasteiger partial charge in [-0.1, -0.05) is 0 Å². The van der Waals surface area contributed by atoms with Crippen LogP contribution in [0.1, 0.15) is 28.7 Å². The first kappa shape index (κ1) is 9.21. The zero-order valence-corrected chi connectivity index (χ0v) is 8.33. The topological polar surface area (TPSA) is 56.2 Å². The summed E-state index contributed by atoms with van der Waals surface area (Å²) in [7, 11) is 1.39. The number of fused-ring (bicyclic) bond motifs is 1. The zero-order valence-electron chi connectivity index (χ0n) is 8.33. The lowest BCUT2D eigenvalue weighted by Crippen LogP contribution is -2.15. The molecule has 1 N–H and O–H groups in total. The van der Waals surface area contributed by atoms with Crippen LogP contribution >= 0.6 is 0 Å². The summed E-state index contributed by atoms with van der Waals surface area (Å²) >= 11 is 0. The second-order valence-corrected chi connectivity index (χ2v) is 3.18. The van der Waals surface area contributed by atoms with E-state index >= 15 is 0 Å². The van der Waals surface area contributed by atoms with Crippen molar-refractivity contribution in [3.63, 3.8) is 0 Å². The number of esters is 1. The van der Waals surface area contributed by atoms with Gasteiger partial charge in [-0.2, -0.15) is 5.10 Å². The first-order valence-corrected chi connectivity index (χ1v) is 4.65. The first-order valence-electron chi connectivity index (χ1n) is 4.65. The Hall–Kier alpha value is -1.36. The first-order chi connectivity index (χ1) is 6.77. The van der Waals surface area contributed by atoms with Crippen molar-refractivity contribution in [2.75, 3.05) is 7.11 Å². The number of hydrogen-bond donors (Lipinski definition) is 1. The number of aromatic nitrogens is 2. The van der Waals surface area contributed by atoms with Crippen LogP contribution in [0.2, 0.25) is 0 Å². The van der Waals surface area contributed by atoms with Gasteiger partial charge in [0.15, 0.2) is 5.69 Å². The summed E-state index contributed by atoms with van der Waals surface area (Å²) in [5.41, 5.74) is 2.54. The molecule has 0 radical (unpaired) electrons. The highest BCUT2D eigenvalue weighted by atomic mass is 16.5. The molecular weight excluding hydrogens is 182 g/mol. The van der Waals surface area contributed by atoms with E-state index in [9.17, 15) is 4.79 Å². The normalized spacial score (nSPS) is 14.1. The number of ether oxygens (including phenoxy) is 1. The van der Waals surface area contributed by atoms with Gasteiger partial charge in [0.1, 0.15) is 0 Å². The summed E-state index contributed by atoms with van der Waals surface area (Å²) in [6.07, 6.45) is 0. The third-order valence-corrected chi connectivity index (χ3v) is 2.41. The highest BCUT2D eigenvalue weighted by Crippen LogP contribution is 2.19. The maximum Gasteiger partial charge on any atom is 0.356 e. The summed E-state index contributed by atoms with van der Waals surface area (Å²) in [6.45, 7) is 4.10. The molecule has 0 saturated heterocycles. The molecule has 0 amide bonds. The number of carbonyl (C=O) groups excluding carboxylic acids is 1. The Bertz CT molecular complexity index is 370. The van der Waals surface area contributed by atoms with E-state index < -0.39 is 0 Å². The minimum absolute atomic E-state index is 0.302. The second-order valence-electron chi connectivity index (χ2n) is 3.18. The fourth-order valence-corrected chi connectivity index (χ4v) is 1.74. The molecule has 5 nitrogen and oxygen atoms in total. The molecule has 0 bridgehead atoms. The fourth-order valence-electron chi connectivity index (χ4n) is 1.74. The number of nitrogens with zero attached hydrogens (tertiary/aromatic N) is 2. The van der Waals surface area contributed by atoms with Gasteiger partial charge in [0.2, 0.25) is 0 Å². The number of nitrogens with one attached hydrogen (secondary N) is 1. The summed E-state index contributed by atoms with van der Waals surface area (Å²) in [5.74, 6) is -0.302. The van der Waals surface area contributed by atoms with Crippen LogP contribution in [-0.4, -0.2) is 22.9 Å². The maximum absolute atomic E-state index is 11.5. The predicted molar refractivity (Wildman–Crippen MR) is 49.8 cm³/mol. The van der Waals surface area contributed by atoms with Crippen molar-refractivity contribution in [3.8, 4) is 0 Å². The van der Waals surface area contributed by atoms with Crippen LogP contribution in [0.4, 0.5) is 0 Å². The molecule has 0 atom stereocenters. The van der Waals surface area contributed by atoms with Gasteiger partial charge in [0, 0.05) is 25.2 Å². The van der Waals surface area contributed by atoms with E-state index in [0.717, 1.165) is 17.8 Å². The Labute approximate surface area is 82.0 Å². The van der Waals surface area contributed by atoms with Crippen LogP contribution in [0.5, 0.6) is 0 Å². The lowest BCUT2D eigenvalue weighted by atomic mass is 10.2. The van der Waals surface area contributed by atoms with Gasteiger partial charge in [0.05, 0.1) is 12.8 Å². The van der Waals surface area contributed by atoms with Gasteiger partial charge >= 0.3 is 5.97 Å². The lowest BCUT2D eigenvalue weighted by Gasteiger charge is -2.04. The molecule has 2 rings (SSSR count). The standard InChI is InChI=1S/C9H13N3O2/c1-3-12-8(9(13)14-2)6-4-10-5-7(6)11-12/h10H,3-5H2,1-2H3. The zero-order chi connectivity index (χ0) is 10.1. The highest BCUT2D eigenvalue weighted by molar-refractivity contribution is 5.89. The Kier molecular flexibility index (Phi) is 2.25. The Morgan fingerprint density at radius 1 is 1.64 bits per heavy atom. The average Bonchev–Trinajstić information content (AvgIpc) is 2.74. The molecule has 1 aromatic rings. The van der Waals surface area contributed by atoms with Crippen molar-refractivity contribution >= 4 is 5.97 Å². The molecule has 1 aliphatic heterocycles. The van der Waals surface area contributed by atoms with Gasteiger partial charge in [0.25, 0.3) is 0 Å². The average molecular weight is 195 g/mol. The minimum Gasteiger partial charge on any atom is -0.464 e. The Balaban J connectivity index is 2.49. The third-order valence-electron chi connectivity index (χ3n) is 2.41. The number of rotatable bonds is 2. The molecule has 0 aromatic carbocycles. The van der Waals surface area contributed by atoms with Crippen LogP contribution in [0, 0.1) is 0 Å². The van der Waals surface area contributed by atoms with Gasteiger partial charge < -0.3 is 10.1 Å². The van der Waals surface area contributed by atoms with Crippen molar-refractivity contribution in [3.05, 3.63) is 17.0 Å². The van der Waals surface area contributed by atoms with Crippen LogP contribution in [0.3, 0.4) is 0 Å².